The number of nitrogens with zero attached hydrogens (tertiary/aromatic N) is 4. The molecule has 0 unspecified atom stereocenters. The highest BCUT2D eigenvalue weighted by molar-refractivity contribution is 5.82. The van der Waals surface area contributed by atoms with Crippen LogP contribution in [0.4, 0.5) is 11.5 Å². The van der Waals surface area contributed by atoms with E-state index in [4.69, 9.17) is 4.74 Å². The number of carbonyl (C=O) groups excluding carboxylic acids is 1. The minimum Gasteiger partial charge on any atom is -0.497 e. The summed E-state index contributed by atoms with van der Waals surface area (Å²) >= 11 is 0. The third kappa shape index (κ3) is 3.99. The van der Waals surface area contributed by atoms with E-state index in [1.54, 1.807) is 25.7 Å². The summed E-state index contributed by atoms with van der Waals surface area (Å²) in [6.45, 7) is 7.35. The fourth-order valence-electron chi connectivity index (χ4n) is 4.30. The van der Waals surface area contributed by atoms with E-state index in [0.717, 1.165) is 37.6 Å². The second kappa shape index (κ2) is 8.27. The molecule has 0 aliphatic carbocycles. The largest absolute Gasteiger partial charge is 0.497 e. The van der Waals surface area contributed by atoms with Gasteiger partial charge in [-0.3, -0.25) is 9.78 Å². The SMILES string of the molecule is COc1ccc2c(c1)N1CCN(c3cnccn3)C[C@H]1[C@@H](C(=O)NCC(C)C)C2. The zero-order chi connectivity index (χ0) is 20.4. The van der Waals surface area contributed by atoms with Gasteiger partial charge in [-0.05, 0) is 24.0 Å². The van der Waals surface area contributed by atoms with Gasteiger partial charge < -0.3 is 19.9 Å². The normalized spacial score (nSPS) is 20.8. The summed E-state index contributed by atoms with van der Waals surface area (Å²) in [5, 5.41) is 3.16. The quantitative estimate of drug-likeness (QED) is 0.836. The maximum absolute atomic E-state index is 13.1. The maximum atomic E-state index is 13.1. The molecule has 1 aromatic carbocycles. The number of rotatable bonds is 5. The van der Waals surface area contributed by atoms with Gasteiger partial charge in [-0.25, -0.2) is 4.98 Å². The third-order valence-electron chi connectivity index (χ3n) is 5.82. The summed E-state index contributed by atoms with van der Waals surface area (Å²) in [6.07, 6.45) is 5.93. The first-order valence-corrected chi connectivity index (χ1v) is 10.3. The van der Waals surface area contributed by atoms with Crippen molar-refractivity contribution in [1.29, 1.82) is 0 Å². The monoisotopic (exact) mass is 395 g/mol. The number of hydrogen-bond acceptors (Lipinski definition) is 6. The molecular formula is C22H29N5O2. The standard InChI is InChI=1S/C22H29N5O2/c1-15(2)12-25-22(28)18-10-16-4-5-17(29-3)11-19(16)27-9-8-26(14-20(18)27)21-13-23-6-7-24-21/h4-7,11,13,15,18,20H,8-10,12,14H2,1-3H3,(H,25,28)/t18-,20-/m0/s1. The van der Waals surface area contributed by atoms with Gasteiger partial charge in [0.25, 0.3) is 0 Å². The Morgan fingerprint density at radius 2 is 2.17 bits per heavy atom. The maximum Gasteiger partial charge on any atom is 0.225 e. The first kappa shape index (κ1) is 19.5. The summed E-state index contributed by atoms with van der Waals surface area (Å²) < 4.78 is 5.46. The van der Waals surface area contributed by atoms with Gasteiger partial charge in [-0.1, -0.05) is 19.9 Å². The lowest BCUT2D eigenvalue weighted by atomic mass is 9.83. The number of aromatic nitrogens is 2. The minimum atomic E-state index is -0.103. The van der Waals surface area contributed by atoms with E-state index >= 15 is 0 Å². The number of benzene rings is 1. The number of anilines is 2. The molecular weight excluding hydrogens is 366 g/mol. The molecule has 1 amide bonds. The average Bonchev–Trinajstić information content (AvgIpc) is 2.76. The number of piperazine rings is 1. The third-order valence-corrected chi connectivity index (χ3v) is 5.82. The van der Waals surface area contributed by atoms with Crippen LogP contribution in [-0.4, -0.2) is 55.2 Å². The molecule has 2 aliphatic rings. The number of amides is 1. The van der Waals surface area contributed by atoms with Crippen LogP contribution in [0.5, 0.6) is 5.75 Å². The van der Waals surface area contributed by atoms with Crippen molar-refractivity contribution >= 4 is 17.4 Å². The number of hydrogen-bond donors (Lipinski definition) is 1. The molecule has 0 saturated carbocycles. The number of ether oxygens (including phenoxy) is 1. The molecule has 1 fully saturated rings. The van der Waals surface area contributed by atoms with Crippen molar-refractivity contribution in [2.24, 2.45) is 11.8 Å². The molecule has 0 bridgehead atoms. The number of fused-ring (bicyclic) bond motifs is 3. The van der Waals surface area contributed by atoms with Crippen molar-refractivity contribution in [3.8, 4) is 5.75 Å². The molecule has 1 N–H and O–H groups in total. The van der Waals surface area contributed by atoms with Crippen LogP contribution in [0.25, 0.3) is 0 Å². The summed E-state index contributed by atoms with van der Waals surface area (Å²) in [5.74, 6) is 2.18. The Hall–Kier alpha value is -2.83. The van der Waals surface area contributed by atoms with Crippen molar-refractivity contribution in [2.75, 3.05) is 43.1 Å². The first-order chi connectivity index (χ1) is 14.1. The summed E-state index contributed by atoms with van der Waals surface area (Å²) in [4.78, 5) is 26.4. The van der Waals surface area contributed by atoms with Gasteiger partial charge in [-0.15, -0.1) is 0 Å². The van der Waals surface area contributed by atoms with Crippen LogP contribution in [0.2, 0.25) is 0 Å². The highest BCUT2D eigenvalue weighted by atomic mass is 16.5. The second-order valence-electron chi connectivity index (χ2n) is 8.21. The Labute approximate surface area is 172 Å². The molecule has 1 aromatic heterocycles. The van der Waals surface area contributed by atoms with Gasteiger partial charge in [0.15, 0.2) is 0 Å². The number of methoxy groups -OCH3 is 1. The summed E-state index contributed by atoms with van der Waals surface area (Å²) in [6, 6.07) is 6.26. The van der Waals surface area contributed by atoms with Crippen molar-refractivity contribution in [3.63, 3.8) is 0 Å². The highest BCUT2D eigenvalue weighted by Gasteiger charge is 2.42. The van der Waals surface area contributed by atoms with E-state index in [9.17, 15) is 4.79 Å². The van der Waals surface area contributed by atoms with Crippen molar-refractivity contribution in [2.45, 2.75) is 26.3 Å². The van der Waals surface area contributed by atoms with Gasteiger partial charge in [0.1, 0.15) is 11.6 Å². The summed E-state index contributed by atoms with van der Waals surface area (Å²) in [7, 11) is 1.69. The van der Waals surface area contributed by atoms with Crippen LogP contribution in [0.15, 0.2) is 36.8 Å². The first-order valence-electron chi connectivity index (χ1n) is 10.3. The smallest absolute Gasteiger partial charge is 0.225 e. The van der Waals surface area contributed by atoms with Crippen LogP contribution in [-0.2, 0) is 11.2 Å². The molecule has 7 nitrogen and oxygen atoms in total. The number of nitrogens with one attached hydrogen (secondary N) is 1. The number of carbonyl (C=O) groups is 1. The molecule has 2 aromatic rings. The molecule has 1 saturated heterocycles. The van der Waals surface area contributed by atoms with Crippen LogP contribution >= 0.6 is 0 Å². The van der Waals surface area contributed by atoms with Gasteiger partial charge >= 0.3 is 0 Å². The lowest BCUT2D eigenvalue weighted by molar-refractivity contribution is -0.126. The van der Waals surface area contributed by atoms with Crippen LogP contribution in [0.3, 0.4) is 0 Å². The fraction of sp³-hybridized carbons (Fsp3) is 0.500. The molecule has 0 spiro atoms. The van der Waals surface area contributed by atoms with Crippen LogP contribution in [0.1, 0.15) is 19.4 Å². The fourth-order valence-corrected chi connectivity index (χ4v) is 4.30. The molecule has 7 heteroatoms. The average molecular weight is 396 g/mol. The van der Waals surface area contributed by atoms with E-state index in [2.05, 4.69) is 51.1 Å². The molecule has 3 heterocycles. The zero-order valence-corrected chi connectivity index (χ0v) is 17.3. The van der Waals surface area contributed by atoms with E-state index in [1.807, 2.05) is 6.07 Å². The lowest BCUT2D eigenvalue weighted by Crippen LogP contribution is -2.61. The predicted molar refractivity (Wildman–Crippen MR) is 113 cm³/mol. The Morgan fingerprint density at radius 1 is 1.31 bits per heavy atom. The molecule has 29 heavy (non-hydrogen) atoms. The lowest BCUT2D eigenvalue weighted by Gasteiger charge is -2.49. The molecule has 154 valence electrons. The van der Waals surface area contributed by atoms with Crippen molar-refractivity contribution in [1.82, 2.24) is 15.3 Å². The van der Waals surface area contributed by atoms with Gasteiger partial charge in [-0.2, -0.15) is 0 Å². The summed E-state index contributed by atoms with van der Waals surface area (Å²) in [5.41, 5.74) is 2.39. The van der Waals surface area contributed by atoms with Gasteiger partial charge in [0, 0.05) is 50.3 Å². The molecule has 0 radical (unpaired) electrons. The van der Waals surface area contributed by atoms with E-state index < -0.39 is 0 Å². The predicted octanol–water partition coefficient (Wildman–Crippen LogP) is 2.12. The molecule has 2 aliphatic heterocycles. The van der Waals surface area contributed by atoms with Gasteiger partial charge in [0.05, 0.1) is 25.3 Å². The topological polar surface area (TPSA) is 70.6 Å². The second-order valence-corrected chi connectivity index (χ2v) is 8.21. The van der Waals surface area contributed by atoms with Gasteiger partial charge in [0.2, 0.25) is 5.91 Å². The van der Waals surface area contributed by atoms with Crippen LogP contribution in [0, 0.1) is 11.8 Å². The Balaban J connectivity index is 1.64. The van der Waals surface area contributed by atoms with E-state index in [0.29, 0.717) is 12.5 Å². The van der Waals surface area contributed by atoms with Crippen LogP contribution < -0.4 is 19.9 Å². The van der Waals surface area contributed by atoms with Crippen molar-refractivity contribution < 1.29 is 9.53 Å². The Morgan fingerprint density at radius 3 is 2.90 bits per heavy atom. The minimum absolute atomic E-state index is 0.0810. The zero-order valence-electron chi connectivity index (χ0n) is 17.3. The van der Waals surface area contributed by atoms with Crippen molar-refractivity contribution in [3.05, 3.63) is 42.4 Å². The molecule has 2 atom stereocenters. The highest BCUT2D eigenvalue weighted by Crippen LogP contribution is 2.38. The Kier molecular flexibility index (Phi) is 5.56. The molecule has 4 rings (SSSR count). The van der Waals surface area contributed by atoms with E-state index in [1.165, 1.54) is 11.3 Å². The Bertz CT molecular complexity index is 858. The van der Waals surface area contributed by atoms with E-state index in [-0.39, 0.29) is 17.9 Å².